The standard InChI is InChI=1S/C21H20ClN3O/c1-25(2)11-5-10-23-19-14-6-3-4-7-15(14)20-18(19)21(26)16-12-13(22)8-9-17(16)24-20/h3-4,6-9,12H,5,10-11H2,1-2H3,(H,24,26). The number of aromatic nitrogens is 1. The van der Waals surface area contributed by atoms with E-state index in [1.807, 2.05) is 44.4 Å². The average Bonchev–Trinajstić information content (AvgIpc) is 2.94. The lowest BCUT2D eigenvalue weighted by Crippen LogP contribution is -2.17. The van der Waals surface area contributed by atoms with Crippen LogP contribution in [0.2, 0.25) is 5.02 Å². The molecule has 0 saturated carbocycles. The van der Waals surface area contributed by atoms with Crippen molar-refractivity contribution in [3.05, 3.63) is 68.8 Å². The SMILES string of the molecule is CN(C)CCCN=C1c2ccccc2-c2[nH]c3ccc(Cl)cc3c(=O)c21. The van der Waals surface area contributed by atoms with E-state index >= 15 is 0 Å². The Kier molecular flexibility index (Phi) is 4.39. The molecular weight excluding hydrogens is 346 g/mol. The maximum Gasteiger partial charge on any atom is 0.199 e. The van der Waals surface area contributed by atoms with E-state index in [2.05, 4.69) is 9.88 Å². The fraction of sp³-hybridized carbons (Fsp3) is 0.238. The van der Waals surface area contributed by atoms with Gasteiger partial charge in [-0.2, -0.15) is 0 Å². The van der Waals surface area contributed by atoms with Crippen LogP contribution in [0.25, 0.3) is 22.2 Å². The van der Waals surface area contributed by atoms with Crippen molar-refractivity contribution in [1.29, 1.82) is 0 Å². The molecule has 132 valence electrons. The fourth-order valence-corrected chi connectivity index (χ4v) is 3.64. The Balaban J connectivity index is 1.90. The molecule has 0 atom stereocenters. The summed E-state index contributed by atoms with van der Waals surface area (Å²) in [6, 6.07) is 13.4. The van der Waals surface area contributed by atoms with E-state index in [-0.39, 0.29) is 5.43 Å². The number of nitrogens with zero attached hydrogens (tertiary/aromatic N) is 2. The molecule has 1 aliphatic carbocycles. The summed E-state index contributed by atoms with van der Waals surface area (Å²) in [5.41, 5.74) is 5.13. The molecule has 0 spiro atoms. The van der Waals surface area contributed by atoms with Crippen LogP contribution < -0.4 is 5.43 Å². The van der Waals surface area contributed by atoms with Gasteiger partial charge in [0.1, 0.15) is 0 Å². The summed E-state index contributed by atoms with van der Waals surface area (Å²) in [5, 5.41) is 1.16. The van der Waals surface area contributed by atoms with Crippen LogP contribution in [0.5, 0.6) is 0 Å². The largest absolute Gasteiger partial charge is 0.354 e. The minimum Gasteiger partial charge on any atom is -0.354 e. The molecule has 1 aromatic heterocycles. The van der Waals surface area contributed by atoms with Gasteiger partial charge in [0.05, 0.1) is 17.0 Å². The molecule has 0 unspecified atom stereocenters. The van der Waals surface area contributed by atoms with Crippen LogP contribution >= 0.6 is 11.6 Å². The highest BCUT2D eigenvalue weighted by Gasteiger charge is 2.28. The highest BCUT2D eigenvalue weighted by molar-refractivity contribution is 6.31. The number of benzene rings is 2. The van der Waals surface area contributed by atoms with Gasteiger partial charge in [-0.05, 0) is 45.3 Å². The molecule has 1 heterocycles. The smallest absolute Gasteiger partial charge is 0.199 e. The third-order valence-corrected chi connectivity index (χ3v) is 4.92. The van der Waals surface area contributed by atoms with Gasteiger partial charge in [0.15, 0.2) is 5.43 Å². The predicted octanol–water partition coefficient (Wildman–Crippen LogP) is 3.95. The van der Waals surface area contributed by atoms with Crippen molar-refractivity contribution in [3.8, 4) is 11.3 Å². The summed E-state index contributed by atoms with van der Waals surface area (Å²) in [5.74, 6) is 0. The topological polar surface area (TPSA) is 48.5 Å². The first-order valence-corrected chi connectivity index (χ1v) is 9.09. The second-order valence-electron chi connectivity index (χ2n) is 6.83. The van der Waals surface area contributed by atoms with Gasteiger partial charge in [0, 0.05) is 33.6 Å². The van der Waals surface area contributed by atoms with Crippen molar-refractivity contribution in [2.45, 2.75) is 6.42 Å². The number of hydrogen-bond acceptors (Lipinski definition) is 3. The molecular formula is C21H20ClN3O. The molecule has 2 aromatic carbocycles. The molecule has 0 bridgehead atoms. The molecule has 26 heavy (non-hydrogen) atoms. The number of pyridine rings is 1. The third-order valence-electron chi connectivity index (χ3n) is 4.68. The van der Waals surface area contributed by atoms with Gasteiger partial charge in [-0.15, -0.1) is 0 Å². The number of aliphatic imine (C=N–C) groups is 1. The Morgan fingerprint density at radius 1 is 1.12 bits per heavy atom. The normalized spacial score (nSPS) is 14.2. The predicted molar refractivity (Wildman–Crippen MR) is 109 cm³/mol. The van der Waals surface area contributed by atoms with Crippen LogP contribution in [-0.4, -0.2) is 42.8 Å². The number of rotatable bonds is 4. The van der Waals surface area contributed by atoms with Crippen molar-refractivity contribution in [2.75, 3.05) is 27.2 Å². The third kappa shape index (κ3) is 2.85. The molecule has 4 rings (SSSR count). The fourth-order valence-electron chi connectivity index (χ4n) is 3.47. The van der Waals surface area contributed by atoms with Crippen molar-refractivity contribution in [2.24, 2.45) is 4.99 Å². The minimum atomic E-state index is -0.0150. The van der Waals surface area contributed by atoms with Crippen LogP contribution in [0.4, 0.5) is 0 Å². The van der Waals surface area contributed by atoms with Gasteiger partial charge in [-0.1, -0.05) is 35.9 Å². The number of hydrogen-bond donors (Lipinski definition) is 1. The Labute approximate surface area is 157 Å². The molecule has 0 fully saturated rings. The Morgan fingerprint density at radius 2 is 1.88 bits per heavy atom. The molecule has 5 heteroatoms. The first-order chi connectivity index (χ1) is 12.6. The van der Waals surface area contributed by atoms with E-state index in [0.717, 1.165) is 41.0 Å². The summed E-state index contributed by atoms with van der Waals surface area (Å²) >= 11 is 6.11. The van der Waals surface area contributed by atoms with Crippen LogP contribution in [-0.2, 0) is 0 Å². The van der Waals surface area contributed by atoms with Crippen molar-refractivity contribution in [1.82, 2.24) is 9.88 Å². The summed E-state index contributed by atoms with van der Waals surface area (Å²) < 4.78 is 0. The van der Waals surface area contributed by atoms with E-state index < -0.39 is 0 Å². The lowest BCUT2D eigenvalue weighted by molar-refractivity contribution is 0.403. The first kappa shape index (κ1) is 17.0. The van der Waals surface area contributed by atoms with Crippen molar-refractivity contribution < 1.29 is 0 Å². The zero-order chi connectivity index (χ0) is 18.3. The van der Waals surface area contributed by atoms with Gasteiger partial charge in [-0.25, -0.2) is 0 Å². The van der Waals surface area contributed by atoms with E-state index in [0.29, 0.717) is 22.5 Å². The van der Waals surface area contributed by atoms with E-state index in [1.165, 1.54) is 0 Å². The minimum absolute atomic E-state index is 0.0150. The number of nitrogens with one attached hydrogen (secondary N) is 1. The highest BCUT2D eigenvalue weighted by Crippen LogP contribution is 2.35. The van der Waals surface area contributed by atoms with E-state index in [1.54, 1.807) is 12.1 Å². The molecule has 0 saturated heterocycles. The zero-order valence-corrected chi connectivity index (χ0v) is 15.6. The number of H-pyrrole nitrogens is 1. The van der Waals surface area contributed by atoms with Crippen LogP contribution in [0.1, 0.15) is 17.5 Å². The molecule has 3 aromatic rings. The number of fused-ring (bicyclic) bond motifs is 4. The molecule has 0 radical (unpaired) electrons. The van der Waals surface area contributed by atoms with Gasteiger partial charge in [-0.3, -0.25) is 9.79 Å². The second kappa shape index (κ2) is 6.71. The summed E-state index contributed by atoms with van der Waals surface area (Å²) in [7, 11) is 4.10. The Hall–Kier alpha value is -2.43. The molecule has 0 amide bonds. The maximum atomic E-state index is 13.2. The maximum absolute atomic E-state index is 13.2. The second-order valence-corrected chi connectivity index (χ2v) is 7.26. The summed E-state index contributed by atoms with van der Waals surface area (Å²) in [6.45, 7) is 1.66. The molecule has 1 N–H and O–H groups in total. The van der Waals surface area contributed by atoms with Gasteiger partial charge >= 0.3 is 0 Å². The van der Waals surface area contributed by atoms with Crippen LogP contribution in [0, 0.1) is 0 Å². The average molecular weight is 366 g/mol. The molecule has 0 aliphatic heterocycles. The highest BCUT2D eigenvalue weighted by atomic mass is 35.5. The lowest BCUT2D eigenvalue weighted by Gasteiger charge is -2.08. The summed E-state index contributed by atoms with van der Waals surface area (Å²) in [6.07, 6.45) is 0.950. The number of halogens is 1. The number of aromatic amines is 1. The quantitative estimate of drug-likeness (QED) is 0.557. The molecule has 4 nitrogen and oxygen atoms in total. The van der Waals surface area contributed by atoms with Crippen molar-refractivity contribution >= 4 is 28.2 Å². The van der Waals surface area contributed by atoms with Crippen LogP contribution in [0.3, 0.4) is 0 Å². The lowest BCUT2D eigenvalue weighted by atomic mass is 10.1. The summed E-state index contributed by atoms with van der Waals surface area (Å²) in [4.78, 5) is 23.6. The zero-order valence-electron chi connectivity index (χ0n) is 14.8. The monoisotopic (exact) mass is 365 g/mol. The Bertz CT molecular complexity index is 1080. The molecule has 1 aliphatic rings. The van der Waals surface area contributed by atoms with Gasteiger partial charge in [0.2, 0.25) is 0 Å². The van der Waals surface area contributed by atoms with E-state index in [9.17, 15) is 4.79 Å². The van der Waals surface area contributed by atoms with Crippen molar-refractivity contribution in [3.63, 3.8) is 0 Å². The van der Waals surface area contributed by atoms with E-state index in [4.69, 9.17) is 16.6 Å². The van der Waals surface area contributed by atoms with Crippen LogP contribution in [0.15, 0.2) is 52.3 Å². The van der Waals surface area contributed by atoms with Gasteiger partial charge in [0.25, 0.3) is 0 Å². The Morgan fingerprint density at radius 3 is 2.65 bits per heavy atom. The van der Waals surface area contributed by atoms with Gasteiger partial charge < -0.3 is 9.88 Å². The first-order valence-electron chi connectivity index (χ1n) is 8.71.